The van der Waals surface area contributed by atoms with Gasteiger partial charge in [0.15, 0.2) is 5.69 Å². The molecule has 0 spiro atoms. The molecule has 106 valence electrons. The van der Waals surface area contributed by atoms with Gasteiger partial charge in [-0.3, -0.25) is 4.79 Å². The molecule has 7 nitrogen and oxygen atoms in total. The Bertz CT molecular complexity index is 614. The molecule has 2 aromatic heterocycles. The summed E-state index contributed by atoms with van der Waals surface area (Å²) in [7, 11) is 1.75. The van der Waals surface area contributed by atoms with Gasteiger partial charge in [-0.15, -0.1) is 5.10 Å². The van der Waals surface area contributed by atoms with E-state index in [4.69, 9.17) is 4.42 Å². The average Bonchev–Trinajstić information content (AvgIpc) is 2.97. The summed E-state index contributed by atoms with van der Waals surface area (Å²) in [5.74, 6) is 0.693. The van der Waals surface area contributed by atoms with Gasteiger partial charge in [-0.25, -0.2) is 4.68 Å². The Morgan fingerprint density at radius 3 is 3.00 bits per heavy atom. The first-order valence-corrected chi connectivity index (χ1v) is 6.56. The molecule has 1 saturated heterocycles. The summed E-state index contributed by atoms with van der Waals surface area (Å²) < 4.78 is 6.98. The number of hydrogen-bond acceptors (Lipinski definition) is 5. The first kappa shape index (κ1) is 12.9. The lowest BCUT2D eigenvalue weighted by Gasteiger charge is -2.26. The van der Waals surface area contributed by atoms with Gasteiger partial charge in [-0.2, -0.15) is 0 Å². The fourth-order valence-corrected chi connectivity index (χ4v) is 2.11. The molecule has 7 heteroatoms. The van der Waals surface area contributed by atoms with Crippen molar-refractivity contribution in [3.05, 3.63) is 35.5 Å². The van der Waals surface area contributed by atoms with Gasteiger partial charge in [-0.1, -0.05) is 5.21 Å². The van der Waals surface area contributed by atoms with E-state index in [-0.39, 0.29) is 5.91 Å². The molecule has 0 radical (unpaired) electrons. The number of hydrogen-bond donors (Lipinski definition) is 1. The molecule has 20 heavy (non-hydrogen) atoms. The highest BCUT2D eigenvalue weighted by molar-refractivity contribution is 5.91. The summed E-state index contributed by atoms with van der Waals surface area (Å²) in [4.78, 5) is 13.9. The molecule has 0 unspecified atom stereocenters. The fourth-order valence-electron chi connectivity index (χ4n) is 2.11. The summed E-state index contributed by atoms with van der Waals surface area (Å²) in [6.07, 6.45) is 3.34. The Kier molecular flexibility index (Phi) is 3.27. The average molecular weight is 275 g/mol. The summed E-state index contributed by atoms with van der Waals surface area (Å²) in [5, 5.41) is 11.1. The number of aromatic nitrogens is 3. The lowest BCUT2D eigenvalue weighted by molar-refractivity contribution is 0.0778. The van der Waals surface area contributed by atoms with Crippen LogP contribution in [0, 0.1) is 6.92 Å². The molecule has 1 fully saturated rings. The Morgan fingerprint density at radius 2 is 2.40 bits per heavy atom. The monoisotopic (exact) mass is 275 g/mol. The number of furan rings is 1. The van der Waals surface area contributed by atoms with Crippen LogP contribution in [0.3, 0.4) is 0 Å². The standard InChI is InChI=1S/C13H17N5O2/c1-9-10(3-4-20-9)7-17(2)13(19)12-8-18(16-15-12)11-5-14-6-11/h3-4,8,11,14H,5-7H2,1-2H3. The highest BCUT2D eigenvalue weighted by Crippen LogP contribution is 2.14. The van der Waals surface area contributed by atoms with Crippen molar-refractivity contribution < 1.29 is 9.21 Å². The van der Waals surface area contributed by atoms with Gasteiger partial charge in [-0.05, 0) is 13.0 Å². The third-order valence-corrected chi connectivity index (χ3v) is 3.58. The maximum atomic E-state index is 12.3. The van der Waals surface area contributed by atoms with Crippen molar-refractivity contribution in [1.82, 2.24) is 25.2 Å². The second kappa shape index (κ2) is 5.09. The molecule has 0 saturated carbocycles. The van der Waals surface area contributed by atoms with E-state index < -0.39 is 0 Å². The molecule has 0 bridgehead atoms. The van der Waals surface area contributed by atoms with E-state index in [0.29, 0.717) is 18.3 Å². The molecule has 3 rings (SSSR count). The van der Waals surface area contributed by atoms with Crippen molar-refractivity contribution in [3.63, 3.8) is 0 Å². The molecule has 2 aromatic rings. The van der Waals surface area contributed by atoms with E-state index in [0.717, 1.165) is 24.4 Å². The Morgan fingerprint density at radius 1 is 1.60 bits per heavy atom. The van der Waals surface area contributed by atoms with Crippen molar-refractivity contribution in [2.24, 2.45) is 0 Å². The zero-order valence-electron chi connectivity index (χ0n) is 11.5. The zero-order valence-corrected chi connectivity index (χ0v) is 11.5. The van der Waals surface area contributed by atoms with Crippen LogP contribution in [0.4, 0.5) is 0 Å². The largest absolute Gasteiger partial charge is 0.469 e. The second-order valence-corrected chi connectivity index (χ2v) is 5.06. The molecule has 1 amide bonds. The van der Waals surface area contributed by atoms with Crippen LogP contribution in [0.5, 0.6) is 0 Å². The number of nitrogens with zero attached hydrogens (tertiary/aromatic N) is 4. The van der Waals surface area contributed by atoms with Crippen LogP contribution in [0.2, 0.25) is 0 Å². The van der Waals surface area contributed by atoms with Gasteiger partial charge in [0.05, 0.1) is 18.5 Å². The molecule has 1 N–H and O–H groups in total. The van der Waals surface area contributed by atoms with Crippen LogP contribution in [-0.4, -0.2) is 45.9 Å². The number of aryl methyl sites for hydroxylation is 1. The van der Waals surface area contributed by atoms with E-state index in [1.165, 1.54) is 0 Å². The van der Waals surface area contributed by atoms with E-state index in [9.17, 15) is 4.79 Å². The van der Waals surface area contributed by atoms with Gasteiger partial charge in [0.25, 0.3) is 5.91 Å². The van der Waals surface area contributed by atoms with Gasteiger partial charge >= 0.3 is 0 Å². The minimum absolute atomic E-state index is 0.135. The lowest BCUT2D eigenvalue weighted by atomic mass is 10.2. The topological polar surface area (TPSA) is 76.2 Å². The second-order valence-electron chi connectivity index (χ2n) is 5.06. The minimum atomic E-state index is -0.135. The predicted octanol–water partition coefficient (Wildman–Crippen LogP) is 0.596. The van der Waals surface area contributed by atoms with Crippen molar-refractivity contribution >= 4 is 5.91 Å². The zero-order chi connectivity index (χ0) is 14.1. The van der Waals surface area contributed by atoms with Gasteiger partial charge in [0, 0.05) is 32.2 Å². The molecular formula is C13H17N5O2. The van der Waals surface area contributed by atoms with E-state index in [2.05, 4.69) is 15.6 Å². The molecule has 0 aromatic carbocycles. The van der Waals surface area contributed by atoms with Gasteiger partial charge in [0.2, 0.25) is 0 Å². The van der Waals surface area contributed by atoms with Crippen LogP contribution in [0.1, 0.15) is 27.9 Å². The normalized spacial score (nSPS) is 15.1. The third-order valence-electron chi connectivity index (χ3n) is 3.58. The maximum Gasteiger partial charge on any atom is 0.276 e. The quantitative estimate of drug-likeness (QED) is 0.884. The smallest absolute Gasteiger partial charge is 0.276 e. The molecule has 0 atom stereocenters. The van der Waals surface area contributed by atoms with Crippen molar-refractivity contribution in [3.8, 4) is 0 Å². The van der Waals surface area contributed by atoms with E-state index >= 15 is 0 Å². The molecular weight excluding hydrogens is 258 g/mol. The van der Waals surface area contributed by atoms with Crippen LogP contribution in [-0.2, 0) is 6.54 Å². The van der Waals surface area contributed by atoms with Gasteiger partial charge in [0.1, 0.15) is 5.76 Å². The highest BCUT2D eigenvalue weighted by Gasteiger charge is 2.23. The summed E-state index contributed by atoms with van der Waals surface area (Å²) in [6, 6.07) is 2.18. The molecule has 1 aliphatic heterocycles. The number of carbonyl (C=O) groups excluding carboxylic acids is 1. The fraction of sp³-hybridized carbons (Fsp3) is 0.462. The number of nitrogens with one attached hydrogen (secondary N) is 1. The Hall–Kier alpha value is -2.15. The van der Waals surface area contributed by atoms with Crippen LogP contribution < -0.4 is 5.32 Å². The Labute approximate surface area is 116 Å². The third kappa shape index (κ3) is 2.32. The highest BCUT2D eigenvalue weighted by atomic mass is 16.3. The van der Waals surface area contributed by atoms with Crippen molar-refractivity contribution in [2.75, 3.05) is 20.1 Å². The molecule has 0 aliphatic carbocycles. The maximum absolute atomic E-state index is 12.3. The summed E-state index contributed by atoms with van der Waals surface area (Å²) >= 11 is 0. The number of amides is 1. The van der Waals surface area contributed by atoms with Crippen LogP contribution in [0.15, 0.2) is 22.9 Å². The summed E-state index contributed by atoms with van der Waals surface area (Å²) in [5.41, 5.74) is 1.37. The minimum Gasteiger partial charge on any atom is -0.469 e. The Balaban J connectivity index is 1.68. The van der Waals surface area contributed by atoms with Crippen molar-refractivity contribution in [1.29, 1.82) is 0 Å². The summed E-state index contributed by atoms with van der Waals surface area (Å²) in [6.45, 7) is 4.13. The number of carbonyl (C=O) groups is 1. The lowest BCUT2D eigenvalue weighted by Crippen LogP contribution is -2.43. The first-order valence-electron chi connectivity index (χ1n) is 6.56. The SMILES string of the molecule is Cc1occc1CN(C)C(=O)c1cn(C2CNC2)nn1. The van der Waals surface area contributed by atoms with E-state index in [1.54, 1.807) is 29.1 Å². The van der Waals surface area contributed by atoms with E-state index in [1.807, 2.05) is 13.0 Å². The van der Waals surface area contributed by atoms with Gasteiger partial charge < -0.3 is 14.6 Å². The first-order chi connectivity index (χ1) is 9.65. The predicted molar refractivity (Wildman–Crippen MR) is 71.2 cm³/mol. The van der Waals surface area contributed by atoms with Crippen molar-refractivity contribution in [2.45, 2.75) is 19.5 Å². The molecule has 1 aliphatic rings. The number of rotatable bonds is 4. The molecule has 3 heterocycles. The van der Waals surface area contributed by atoms with Crippen LogP contribution in [0.25, 0.3) is 0 Å². The van der Waals surface area contributed by atoms with Crippen LogP contribution >= 0.6 is 0 Å².